The van der Waals surface area contributed by atoms with Crippen LogP contribution in [-0.4, -0.2) is 19.9 Å². The molecule has 5 nitrogen and oxygen atoms in total. The van der Waals surface area contributed by atoms with Gasteiger partial charge in [0.2, 0.25) is 0 Å². The van der Waals surface area contributed by atoms with Crippen LogP contribution in [0.2, 0.25) is 0 Å². The van der Waals surface area contributed by atoms with E-state index in [1.807, 2.05) is 54.6 Å². The Hall–Kier alpha value is -8.85. The second kappa shape index (κ2) is 17.0. The Morgan fingerprint density at radius 1 is 0.303 bits per heavy atom. The van der Waals surface area contributed by atoms with Crippen molar-refractivity contribution in [3.05, 3.63) is 229 Å². The molecule has 0 spiro atoms. The Labute approximate surface area is 384 Å². The van der Waals surface area contributed by atoms with Crippen LogP contribution in [0.3, 0.4) is 0 Å². The molecule has 66 heavy (non-hydrogen) atoms. The zero-order chi connectivity index (χ0) is 44.6. The van der Waals surface area contributed by atoms with Crippen molar-refractivity contribution in [1.29, 1.82) is 5.26 Å². The highest BCUT2D eigenvalue weighted by Crippen LogP contribution is 2.39. The summed E-state index contributed by atoms with van der Waals surface area (Å²) in [5, 5.41) is 15.4. The number of hydrogen-bond donors (Lipinski definition) is 0. The predicted octanol–water partition coefficient (Wildman–Crippen LogP) is 15.4. The molecule has 0 radical (unpaired) electrons. The van der Waals surface area contributed by atoms with Crippen LogP contribution in [0.4, 0.5) is 0 Å². The van der Waals surface area contributed by atoms with Crippen LogP contribution in [0.15, 0.2) is 212 Å². The van der Waals surface area contributed by atoms with Gasteiger partial charge in [-0.3, -0.25) is 0 Å². The first-order valence-corrected chi connectivity index (χ1v) is 22.1. The van der Waals surface area contributed by atoms with Gasteiger partial charge in [-0.2, -0.15) is 5.26 Å². The number of nitrogens with zero attached hydrogens (tertiary/aromatic N) is 5. The van der Waals surface area contributed by atoms with Gasteiger partial charge < -0.3 is 0 Å². The van der Waals surface area contributed by atoms with Crippen molar-refractivity contribution in [2.24, 2.45) is 0 Å². The van der Waals surface area contributed by atoms with Crippen molar-refractivity contribution in [3.63, 3.8) is 0 Å². The molecule has 0 unspecified atom stereocenters. The molecule has 5 heteroatoms. The SMILES string of the molecule is Cc1c(-c2ccc(-c3cccc(-c4ccc(-c5nc(-c6ccccc6)nc(-c6cccc7ccccc67)c5C)cc4)c3C#N)cc2)nc(-c2ccccc2)nc1-c1cccc2ccccc12. The van der Waals surface area contributed by atoms with Gasteiger partial charge in [-0.05, 0) is 46.5 Å². The van der Waals surface area contributed by atoms with Crippen LogP contribution < -0.4 is 0 Å². The summed E-state index contributed by atoms with van der Waals surface area (Å²) in [4.78, 5) is 20.8. The summed E-state index contributed by atoms with van der Waals surface area (Å²) in [6.45, 7) is 4.21. The quantitative estimate of drug-likeness (QED) is 0.152. The highest BCUT2D eigenvalue weighted by molar-refractivity contribution is 5.99. The zero-order valence-electron chi connectivity index (χ0n) is 36.4. The Bertz CT molecular complexity index is 3400. The summed E-state index contributed by atoms with van der Waals surface area (Å²) < 4.78 is 0. The first kappa shape index (κ1) is 40.0. The summed E-state index contributed by atoms with van der Waals surface area (Å²) in [5.41, 5.74) is 15.8. The molecule has 0 N–H and O–H groups in total. The third kappa shape index (κ3) is 7.27. The minimum absolute atomic E-state index is 0.614. The molecule has 2 heterocycles. The lowest BCUT2D eigenvalue weighted by Gasteiger charge is -2.16. The molecule has 2 aromatic heterocycles. The number of rotatable bonds is 8. The molecule has 9 aromatic carbocycles. The molecule has 0 amide bonds. The Balaban J connectivity index is 0.959. The summed E-state index contributed by atoms with van der Waals surface area (Å²) in [6, 6.07) is 75.3. The zero-order valence-corrected chi connectivity index (χ0v) is 36.4. The van der Waals surface area contributed by atoms with Crippen LogP contribution in [0.1, 0.15) is 16.7 Å². The third-order valence-corrected chi connectivity index (χ3v) is 12.6. The normalized spacial score (nSPS) is 11.2. The van der Waals surface area contributed by atoms with E-state index in [0.717, 1.165) is 111 Å². The molecule has 0 fully saturated rings. The lowest BCUT2D eigenvalue weighted by molar-refractivity contribution is 1.15. The molecule has 0 aliphatic heterocycles. The van der Waals surface area contributed by atoms with Crippen molar-refractivity contribution in [2.75, 3.05) is 0 Å². The van der Waals surface area contributed by atoms with Gasteiger partial charge >= 0.3 is 0 Å². The monoisotopic (exact) mass is 843 g/mol. The Morgan fingerprint density at radius 2 is 0.636 bits per heavy atom. The van der Waals surface area contributed by atoms with Crippen LogP contribution in [0, 0.1) is 25.2 Å². The van der Waals surface area contributed by atoms with Gasteiger partial charge in [0.1, 0.15) is 6.07 Å². The maximum Gasteiger partial charge on any atom is 0.160 e. The van der Waals surface area contributed by atoms with Crippen LogP contribution in [0.25, 0.3) is 112 Å². The highest BCUT2D eigenvalue weighted by Gasteiger charge is 2.20. The molecular weight excluding hydrogens is 803 g/mol. The van der Waals surface area contributed by atoms with E-state index >= 15 is 0 Å². The average molecular weight is 844 g/mol. The van der Waals surface area contributed by atoms with Gasteiger partial charge in [-0.25, -0.2) is 19.9 Å². The van der Waals surface area contributed by atoms with Gasteiger partial charge in [0.25, 0.3) is 0 Å². The van der Waals surface area contributed by atoms with Crippen molar-refractivity contribution in [1.82, 2.24) is 19.9 Å². The number of aromatic nitrogens is 4. The molecular formula is C61H41N5. The third-order valence-electron chi connectivity index (χ3n) is 12.6. The fraction of sp³-hybridized carbons (Fsp3) is 0.0328. The van der Waals surface area contributed by atoms with Gasteiger partial charge in [0.15, 0.2) is 11.6 Å². The van der Waals surface area contributed by atoms with E-state index < -0.39 is 0 Å². The average Bonchev–Trinajstić information content (AvgIpc) is 3.39. The van der Waals surface area contributed by atoms with E-state index in [9.17, 15) is 5.26 Å². The molecule has 0 saturated carbocycles. The van der Waals surface area contributed by atoms with E-state index in [1.165, 1.54) is 0 Å². The number of benzene rings is 9. The topological polar surface area (TPSA) is 75.3 Å². The molecule has 0 bridgehead atoms. The fourth-order valence-corrected chi connectivity index (χ4v) is 9.19. The molecule has 310 valence electrons. The molecule has 11 aromatic rings. The van der Waals surface area contributed by atoms with Crippen molar-refractivity contribution >= 4 is 21.5 Å². The van der Waals surface area contributed by atoms with Gasteiger partial charge in [-0.15, -0.1) is 0 Å². The van der Waals surface area contributed by atoms with Crippen molar-refractivity contribution in [2.45, 2.75) is 13.8 Å². The van der Waals surface area contributed by atoms with E-state index in [1.54, 1.807) is 0 Å². The number of fused-ring (bicyclic) bond motifs is 2. The minimum atomic E-state index is 0.614. The second-order valence-electron chi connectivity index (χ2n) is 16.5. The molecule has 0 saturated heterocycles. The van der Waals surface area contributed by atoms with E-state index in [2.05, 4.69) is 178 Å². The Morgan fingerprint density at radius 3 is 1.06 bits per heavy atom. The first-order valence-electron chi connectivity index (χ1n) is 22.1. The van der Waals surface area contributed by atoms with Crippen LogP contribution >= 0.6 is 0 Å². The molecule has 0 aliphatic carbocycles. The van der Waals surface area contributed by atoms with Crippen LogP contribution in [0.5, 0.6) is 0 Å². The standard InChI is InChI=1S/C61H41N5/c1-39-56(63-60(47-18-5-3-6-19-47)65-58(39)53-28-13-22-41-16-9-11-24-49(41)53)45-34-30-43(31-35-45)51-26-15-27-52(55(51)38-62)44-32-36-46(37-33-44)57-40(2)59(66-61(64-57)48-20-7-4-8-21-48)54-29-14-23-42-17-10-12-25-50(42)54/h3-37H,1-2H3. The van der Waals surface area contributed by atoms with Gasteiger partial charge in [0.05, 0.1) is 28.3 Å². The Kier molecular flexibility index (Phi) is 10.3. The summed E-state index contributed by atoms with van der Waals surface area (Å²) in [6.07, 6.45) is 0. The maximum atomic E-state index is 10.8. The predicted molar refractivity (Wildman–Crippen MR) is 270 cm³/mol. The lowest BCUT2D eigenvalue weighted by Crippen LogP contribution is -2.01. The number of hydrogen-bond acceptors (Lipinski definition) is 5. The first-order chi connectivity index (χ1) is 32.5. The van der Waals surface area contributed by atoms with Crippen LogP contribution in [-0.2, 0) is 0 Å². The van der Waals surface area contributed by atoms with E-state index in [0.29, 0.717) is 17.2 Å². The largest absolute Gasteiger partial charge is 0.228 e. The molecule has 0 atom stereocenters. The fourth-order valence-electron chi connectivity index (χ4n) is 9.19. The smallest absolute Gasteiger partial charge is 0.160 e. The summed E-state index contributed by atoms with van der Waals surface area (Å²) in [5.74, 6) is 1.34. The number of nitriles is 1. The van der Waals surface area contributed by atoms with Crippen molar-refractivity contribution in [3.8, 4) is 96.1 Å². The maximum absolute atomic E-state index is 10.8. The molecule has 0 aliphatic rings. The second-order valence-corrected chi connectivity index (χ2v) is 16.5. The van der Waals surface area contributed by atoms with Crippen molar-refractivity contribution < 1.29 is 0 Å². The van der Waals surface area contributed by atoms with Gasteiger partial charge in [0, 0.05) is 55.6 Å². The minimum Gasteiger partial charge on any atom is -0.228 e. The molecule has 11 rings (SSSR count). The van der Waals surface area contributed by atoms with E-state index in [-0.39, 0.29) is 0 Å². The van der Waals surface area contributed by atoms with E-state index in [4.69, 9.17) is 19.9 Å². The summed E-state index contributed by atoms with van der Waals surface area (Å²) in [7, 11) is 0. The summed E-state index contributed by atoms with van der Waals surface area (Å²) >= 11 is 0. The lowest BCUT2D eigenvalue weighted by atomic mass is 9.90. The highest BCUT2D eigenvalue weighted by atomic mass is 14.9. The van der Waals surface area contributed by atoms with Gasteiger partial charge in [-0.1, -0.05) is 212 Å².